The molecule has 3 nitrogen and oxygen atoms in total. The van der Waals surface area contributed by atoms with Crippen LogP contribution in [0.4, 0.5) is 0 Å². The van der Waals surface area contributed by atoms with E-state index in [9.17, 15) is 5.11 Å². The van der Waals surface area contributed by atoms with Crippen molar-refractivity contribution in [3.8, 4) is 0 Å². The molecule has 2 atom stereocenters. The number of rotatable bonds is 1. The minimum absolute atomic E-state index is 0.144. The highest BCUT2D eigenvalue weighted by Crippen LogP contribution is 2.13. The number of piperidine rings is 1. The van der Waals surface area contributed by atoms with Gasteiger partial charge in [0.15, 0.2) is 0 Å². The van der Waals surface area contributed by atoms with Crippen molar-refractivity contribution < 1.29 is 5.11 Å². The van der Waals surface area contributed by atoms with Gasteiger partial charge in [0.05, 0.1) is 12.3 Å². The van der Waals surface area contributed by atoms with E-state index < -0.39 is 0 Å². The van der Waals surface area contributed by atoms with Crippen LogP contribution in [0.2, 0.25) is 0 Å². The second-order valence-corrected chi connectivity index (χ2v) is 3.65. The van der Waals surface area contributed by atoms with Crippen LogP contribution in [0.15, 0.2) is 24.4 Å². The molecule has 3 heteroatoms. The van der Waals surface area contributed by atoms with Crippen LogP contribution in [0.3, 0.4) is 0 Å². The quantitative estimate of drug-likeness (QED) is 0.614. The first-order valence-corrected chi connectivity index (χ1v) is 4.88. The second-order valence-electron chi connectivity index (χ2n) is 3.65. The van der Waals surface area contributed by atoms with E-state index in [1.807, 2.05) is 18.4 Å². The maximum atomic E-state index is 9.50. The van der Waals surface area contributed by atoms with Crippen molar-refractivity contribution in [1.29, 1.82) is 0 Å². The molecule has 0 radical (unpaired) electrons. The molecule has 0 aromatic rings. The molecule has 72 valence electrons. The van der Waals surface area contributed by atoms with Gasteiger partial charge in [-0.2, -0.15) is 0 Å². The number of aliphatic hydroxyl groups excluding tert-OH is 1. The molecule has 0 bridgehead atoms. The molecule has 1 unspecified atom stereocenters. The SMILES string of the molecule is O[C@H]1CCCN(C2C=CC=CN2)C1. The van der Waals surface area contributed by atoms with Gasteiger partial charge in [-0.15, -0.1) is 0 Å². The summed E-state index contributed by atoms with van der Waals surface area (Å²) in [6.07, 6.45) is 10.3. The zero-order valence-electron chi connectivity index (χ0n) is 7.69. The van der Waals surface area contributed by atoms with Gasteiger partial charge in [0, 0.05) is 13.1 Å². The summed E-state index contributed by atoms with van der Waals surface area (Å²) in [4.78, 5) is 2.27. The molecule has 0 aromatic carbocycles. The number of β-amino-alcohol motifs (C(OH)–C–C–N with tert-alkyl or cyclic N) is 1. The van der Waals surface area contributed by atoms with Crippen LogP contribution in [0.5, 0.6) is 0 Å². The van der Waals surface area contributed by atoms with Crippen molar-refractivity contribution in [2.75, 3.05) is 13.1 Å². The maximum absolute atomic E-state index is 9.50. The van der Waals surface area contributed by atoms with Crippen molar-refractivity contribution >= 4 is 0 Å². The lowest BCUT2D eigenvalue weighted by molar-refractivity contribution is 0.0523. The third kappa shape index (κ3) is 2.11. The summed E-state index contributed by atoms with van der Waals surface area (Å²) in [5, 5.41) is 12.8. The molecule has 2 heterocycles. The molecular weight excluding hydrogens is 164 g/mol. The average molecular weight is 180 g/mol. The Morgan fingerprint density at radius 1 is 1.38 bits per heavy atom. The van der Waals surface area contributed by atoms with Crippen LogP contribution in [-0.2, 0) is 0 Å². The molecular formula is C10H16N2O. The Morgan fingerprint density at radius 3 is 3.00 bits per heavy atom. The number of nitrogens with zero attached hydrogens (tertiary/aromatic N) is 1. The van der Waals surface area contributed by atoms with E-state index in [-0.39, 0.29) is 12.3 Å². The first kappa shape index (κ1) is 8.78. The Hall–Kier alpha value is -0.800. The Bertz CT molecular complexity index is 225. The van der Waals surface area contributed by atoms with Crippen LogP contribution < -0.4 is 5.32 Å². The van der Waals surface area contributed by atoms with Gasteiger partial charge in [-0.25, -0.2) is 0 Å². The molecule has 2 rings (SSSR count). The first-order chi connectivity index (χ1) is 6.36. The van der Waals surface area contributed by atoms with Crippen molar-refractivity contribution in [2.24, 2.45) is 0 Å². The molecule has 2 aliphatic heterocycles. The number of likely N-dealkylation sites (tertiary alicyclic amines) is 1. The molecule has 0 aliphatic carbocycles. The highest BCUT2D eigenvalue weighted by molar-refractivity contribution is 5.11. The van der Waals surface area contributed by atoms with Gasteiger partial charge in [0.25, 0.3) is 0 Å². The predicted octanol–water partition coefficient (Wildman–Crippen LogP) is 0.442. The van der Waals surface area contributed by atoms with Gasteiger partial charge in [-0.05, 0) is 31.2 Å². The number of hydrogen-bond acceptors (Lipinski definition) is 3. The fraction of sp³-hybridized carbons (Fsp3) is 0.600. The van der Waals surface area contributed by atoms with Crippen molar-refractivity contribution in [3.05, 3.63) is 24.4 Å². The highest BCUT2D eigenvalue weighted by atomic mass is 16.3. The van der Waals surface area contributed by atoms with Crippen molar-refractivity contribution in [2.45, 2.75) is 25.1 Å². The molecule has 0 spiro atoms. The molecule has 1 saturated heterocycles. The minimum atomic E-state index is -0.144. The standard InChI is InChI=1S/C10H16N2O/c13-9-4-3-7-12(8-9)10-5-1-2-6-11-10/h1-2,5-6,9-11,13H,3-4,7-8H2/t9-,10?/m0/s1. The zero-order valence-corrected chi connectivity index (χ0v) is 7.69. The van der Waals surface area contributed by atoms with Gasteiger partial charge < -0.3 is 10.4 Å². The topological polar surface area (TPSA) is 35.5 Å². The lowest BCUT2D eigenvalue weighted by atomic mass is 10.1. The Morgan fingerprint density at radius 2 is 2.31 bits per heavy atom. The monoisotopic (exact) mass is 180 g/mol. The van der Waals surface area contributed by atoms with E-state index in [4.69, 9.17) is 0 Å². The van der Waals surface area contributed by atoms with Crippen LogP contribution in [-0.4, -0.2) is 35.4 Å². The van der Waals surface area contributed by atoms with Crippen molar-refractivity contribution in [1.82, 2.24) is 10.2 Å². The molecule has 1 fully saturated rings. The zero-order chi connectivity index (χ0) is 9.10. The summed E-state index contributed by atoms with van der Waals surface area (Å²) in [6.45, 7) is 1.86. The summed E-state index contributed by atoms with van der Waals surface area (Å²) in [5.41, 5.74) is 0. The van der Waals surface area contributed by atoms with E-state index in [1.54, 1.807) is 0 Å². The lowest BCUT2D eigenvalue weighted by Crippen LogP contribution is -2.49. The molecule has 0 saturated carbocycles. The Kier molecular flexibility index (Phi) is 2.66. The number of hydrogen-bond donors (Lipinski definition) is 2. The average Bonchev–Trinajstić information content (AvgIpc) is 2.19. The highest BCUT2D eigenvalue weighted by Gasteiger charge is 2.22. The smallest absolute Gasteiger partial charge is 0.0985 e. The third-order valence-corrected chi connectivity index (χ3v) is 2.59. The lowest BCUT2D eigenvalue weighted by Gasteiger charge is -2.35. The van der Waals surface area contributed by atoms with Crippen LogP contribution >= 0.6 is 0 Å². The summed E-state index contributed by atoms with van der Waals surface area (Å²) >= 11 is 0. The Balaban J connectivity index is 1.92. The Labute approximate surface area is 78.7 Å². The summed E-state index contributed by atoms with van der Waals surface area (Å²) < 4.78 is 0. The normalized spacial score (nSPS) is 34.5. The fourth-order valence-corrected chi connectivity index (χ4v) is 1.90. The maximum Gasteiger partial charge on any atom is 0.0985 e. The molecule has 2 N–H and O–H groups in total. The summed E-state index contributed by atoms with van der Waals surface area (Å²) in [6, 6.07) is 0. The van der Waals surface area contributed by atoms with E-state index in [0.29, 0.717) is 0 Å². The molecule has 13 heavy (non-hydrogen) atoms. The number of aliphatic hydroxyl groups is 1. The van der Waals surface area contributed by atoms with Gasteiger partial charge in [0.1, 0.15) is 0 Å². The van der Waals surface area contributed by atoms with Gasteiger partial charge in [-0.3, -0.25) is 4.90 Å². The largest absolute Gasteiger partial charge is 0.392 e. The first-order valence-electron chi connectivity index (χ1n) is 4.88. The van der Waals surface area contributed by atoms with Crippen LogP contribution in [0.25, 0.3) is 0 Å². The van der Waals surface area contributed by atoms with E-state index in [2.05, 4.69) is 16.3 Å². The fourth-order valence-electron chi connectivity index (χ4n) is 1.90. The van der Waals surface area contributed by atoms with Gasteiger partial charge in [-0.1, -0.05) is 6.08 Å². The van der Waals surface area contributed by atoms with Crippen LogP contribution in [0.1, 0.15) is 12.8 Å². The summed E-state index contributed by atoms with van der Waals surface area (Å²) in [7, 11) is 0. The minimum Gasteiger partial charge on any atom is -0.392 e. The third-order valence-electron chi connectivity index (χ3n) is 2.59. The van der Waals surface area contributed by atoms with Gasteiger partial charge in [0.2, 0.25) is 0 Å². The molecule has 2 aliphatic rings. The summed E-state index contributed by atoms with van der Waals surface area (Å²) in [5.74, 6) is 0. The van der Waals surface area contributed by atoms with Crippen molar-refractivity contribution in [3.63, 3.8) is 0 Å². The van der Waals surface area contributed by atoms with E-state index >= 15 is 0 Å². The molecule has 0 aromatic heterocycles. The predicted molar refractivity (Wildman–Crippen MR) is 52.0 cm³/mol. The number of dihydropyridines is 1. The van der Waals surface area contributed by atoms with E-state index in [1.165, 1.54) is 0 Å². The van der Waals surface area contributed by atoms with E-state index in [0.717, 1.165) is 25.9 Å². The number of nitrogens with one attached hydrogen (secondary N) is 1. The van der Waals surface area contributed by atoms with Crippen LogP contribution in [0, 0.1) is 0 Å². The molecule has 0 amide bonds. The number of allylic oxidation sites excluding steroid dienone is 2. The van der Waals surface area contributed by atoms with Gasteiger partial charge >= 0.3 is 0 Å². The second kappa shape index (κ2) is 3.94.